The normalized spacial score (nSPS) is 17.8. The number of non-ortho nitro benzene ring substituents is 1. The molecule has 1 unspecified atom stereocenters. The summed E-state index contributed by atoms with van der Waals surface area (Å²) in [6, 6.07) is 11.3. The van der Waals surface area contributed by atoms with Crippen LogP contribution in [0.4, 0.5) is 5.69 Å². The number of carbonyl (C=O) groups excluding carboxylic acids is 2. The van der Waals surface area contributed by atoms with Crippen LogP contribution in [0.5, 0.6) is 5.75 Å². The van der Waals surface area contributed by atoms with E-state index >= 15 is 0 Å². The van der Waals surface area contributed by atoms with Crippen LogP contribution in [-0.4, -0.2) is 65.8 Å². The van der Waals surface area contributed by atoms with Crippen molar-refractivity contribution < 1.29 is 24.4 Å². The van der Waals surface area contributed by atoms with Gasteiger partial charge in [-0.25, -0.2) is 0 Å². The summed E-state index contributed by atoms with van der Waals surface area (Å²) in [4.78, 5) is 40.0. The monoisotopic (exact) mass is 439 g/mol. The molecule has 0 radical (unpaired) electrons. The summed E-state index contributed by atoms with van der Waals surface area (Å²) in [5, 5.41) is 22.3. The van der Waals surface area contributed by atoms with Gasteiger partial charge in [0.25, 0.3) is 17.4 Å². The van der Waals surface area contributed by atoms with Gasteiger partial charge in [0.1, 0.15) is 11.5 Å². The number of aliphatic hydroxyl groups excluding tert-OH is 1. The molecule has 1 aliphatic rings. The van der Waals surface area contributed by atoms with Gasteiger partial charge in [-0.2, -0.15) is 0 Å². The number of nitrogens with zero attached hydrogens (tertiary/aromatic N) is 3. The molecule has 9 heteroatoms. The van der Waals surface area contributed by atoms with Crippen molar-refractivity contribution in [3.8, 4) is 5.75 Å². The lowest BCUT2D eigenvalue weighted by Gasteiger charge is -2.25. The van der Waals surface area contributed by atoms with E-state index in [0.717, 1.165) is 0 Å². The number of likely N-dealkylation sites (tertiary alicyclic amines) is 1. The summed E-state index contributed by atoms with van der Waals surface area (Å²) in [7, 11) is 5.31. The fourth-order valence-electron chi connectivity index (χ4n) is 3.73. The minimum atomic E-state index is -0.931. The van der Waals surface area contributed by atoms with Crippen LogP contribution in [0.1, 0.15) is 23.6 Å². The molecule has 168 valence electrons. The van der Waals surface area contributed by atoms with Crippen LogP contribution in [0, 0.1) is 10.1 Å². The number of hydrogen-bond acceptors (Lipinski definition) is 7. The number of aliphatic hydroxyl groups is 1. The molecule has 2 aromatic carbocycles. The van der Waals surface area contributed by atoms with Crippen molar-refractivity contribution >= 4 is 23.1 Å². The number of hydrogen-bond donors (Lipinski definition) is 1. The molecule has 3 rings (SSSR count). The van der Waals surface area contributed by atoms with Crippen molar-refractivity contribution in [3.05, 3.63) is 75.3 Å². The second kappa shape index (κ2) is 9.61. The van der Waals surface area contributed by atoms with Crippen LogP contribution in [-0.2, 0) is 9.59 Å². The third-order valence-corrected chi connectivity index (χ3v) is 5.30. The molecule has 1 atom stereocenters. The van der Waals surface area contributed by atoms with Gasteiger partial charge >= 0.3 is 0 Å². The van der Waals surface area contributed by atoms with E-state index in [4.69, 9.17) is 4.74 Å². The topological polar surface area (TPSA) is 113 Å². The zero-order valence-electron chi connectivity index (χ0n) is 18.1. The first-order valence-electron chi connectivity index (χ1n) is 10.1. The molecule has 2 aromatic rings. The Bertz CT molecular complexity index is 1060. The Labute approximate surface area is 185 Å². The first-order chi connectivity index (χ1) is 15.2. The maximum Gasteiger partial charge on any atom is 0.295 e. The number of methoxy groups -OCH3 is 1. The molecule has 0 aromatic heterocycles. The minimum Gasteiger partial charge on any atom is -0.507 e. The van der Waals surface area contributed by atoms with Crippen molar-refractivity contribution in [1.82, 2.24) is 9.80 Å². The first kappa shape index (κ1) is 23.0. The maximum absolute atomic E-state index is 13.0. The lowest BCUT2D eigenvalue weighted by atomic mass is 9.95. The van der Waals surface area contributed by atoms with Gasteiger partial charge in [-0.3, -0.25) is 19.7 Å². The molecule has 1 aliphatic heterocycles. The standard InChI is InChI=1S/C23H25N3O6/c1-24(2)12-5-13-25-20(16-6-4-7-17(14-16)26(30)31)19(22(28)23(25)29)21(27)15-8-10-18(32-3)11-9-15/h4,6-11,14,20,27H,5,12-13H2,1-3H3. The molecule has 0 aliphatic carbocycles. The molecule has 0 spiro atoms. The zero-order valence-corrected chi connectivity index (χ0v) is 18.1. The fraction of sp³-hybridized carbons (Fsp3) is 0.304. The number of ether oxygens (including phenoxy) is 1. The van der Waals surface area contributed by atoms with Crippen LogP contribution in [0.3, 0.4) is 0 Å². The predicted molar refractivity (Wildman–Crippen MR) is 118 cm³/mol. The number of rotatable bonds is 8. The average molecular weight is 439 g/mol. The Balaban J connectivity index is 2.12. The Hall–Kier alpha value is -3.72. The summed E-state index contributed by atoms with van der Waals surface area (Å²) in [5.41, 5.74) is 0.474. The van der Waals surface area contributed by atoms with Gasteiger partial charge < -0.3 is 19.6 Å². The van der Waals surface area contributed by atoms with Gasteiger partial charge in [-0.05, 0) is 56.9 Å². The highest BCUT2D eigenvalue weighted by atomic mass is 16.6. The lowest BCUT2D eigenvalue weighted by Crippen LogP contribution is -2.32. The first-order valence-corrected chi connectivity index (χ1v) is 10.1. The third kappa shape index (κ3) is 4.62. The van der Waals surface area contributed by atoms with Crippen LogP contribution in [0.15, 0.2) is 54.1 Å². The fourth-order valence-corrected chi connectivity index (χ4v) is 3.73. The number of Topliss-reactive ketones (excluding diaryl/α,β-unsaturated/α-hetero) is 1. The molecule has 1 amide bonds. The third-order valence-electron chi connectivity index (χ3n) is 5.30. The van der Waals surface area contributed by atoms with E-state index < -0.39 is 22.7 Å². The quantitative estimate of drug-likeness (QED) is 0.221. The van der Waals surface area contributed by atoms with Gasteiger partial charge in [0.05, 0.1) is 23.6 Å². The van der Waals surface area contributed by atoms with Gasteiger partial charge in [0.2, 0.25) is 0 Å². The highest BCUT2D eigenvalue weighted by molar-refractivity contribution is 6.46. The molecule has 0 saturated carbocycles. The van der Waals surface area contributed by atoms with Crippen molar-refractivity contribution in [2.75, 3.05) is 34.3 Å². The summed E-state index contributed by atoms with van der Waals surface area (Å²) >= 11 is 0. The van der Waals surface area contributed by atoms with Crippen molar-refractivity contribution in [2.45, 2.75) is 12.5 Å². The molecule has 9 nitrogen and oxygen atoms in total. The summed E-state index contributed by atoms with van der Waals surface area (Å²) in [6.45, 7) is 0.943. The Morgan fingerprint density at radius 2 is 1.88 bits per heavy atom. The van der Waals surface area contributed by atoms with E-state index in [-0.39, 0.29) is 23.6 Å². The van der Waals surface area contributed by atoms with Crippen molar-refractivity contribution in [1.29, 1.82) is 0 Å². The molecular formula is C23H25N3O6. The summed E-state index contributed by atoms with van der Waals surface area (Å²) in [5.74, 6) is -1.33. The number of ketones is 1. The van der Waals surface area contributed by atoms with E-state index in [2.05, 4.69) is 0 Å². The van der Waals surface area contributed by atoms with Crippen molar-refractivity contribution in [3.63, 3.8) is 0 Å². The molecular weight excluding hydrogens is 414 g/mol. The van der Waals surface area contributed by atoms with Gasteiger partial charge in [0, 0.05) is 24.2 Å². The van der Waals surface area contributed by atoms with E-state index in [1.54, 1.807) is 30.3 Å². The molecule has 1 N–H and O–H groups in total. The van der Waals surface area contributed by atoms with E-state index in [9.17, 15) is 24.8 Å². The largest absolute Gasteiger partial charge is 0.507 e. The Morgan fingerprint density at radius 1 is 1.19 bits per heavy atom. The number of carbonyl (C=O) groups is 2. The molecule has 1 fully saturated rings. The lowest BCUT2D eigenvalue weighted by molar-refractivity contribution is -0.384. The van der Waals surface area contributed by atoms with Gasteiger partial charge in [-0.15, -0.1) is 0 Å². The SMILES string of the molecule is COc1ccc(C(O)=C2C(=O)C(=O)N(CCCN(C)C)C2c2cccc([N+](=O)[O-])c2)cc1. The van der Waals surface area contributed by atoms with Crippen LogP contribution in [0.2, 0.25) is 0 Å². The number of nitro groups is 1. The Kier molecular flexibility index (Phi) is 6.89. The van der Waals surface area contributed by atoms with E-state index in [0.29, 0.717) is 29.8 Å². The maximum atomic E-state index is 13.0. The molecule has 1 saturated heterocycles. The van der Waals surface area contributed by atoms with Crippen LogP contribution >= 0.6 is 0 Å². The molecule has 1 heterocycles. The highest BCUT2D eigenvalue weighted by Gasteiger charge is 2.46. The highest BCUT2D eigenvalue weighted by Crippen LogP contribution is 2.40. The minimum absolute atomic E-state index is 0.0921. The smallest absolute Gasteiger partial charge is 0.295 e. The second-order valence-electron chi connectivity index (χ2n) is 7.73. The van der Waals surface area contributed by atoms with Crippen LogP contribution < -0.4 is 4.74 Å². The van der Waals surface area contributed by atoms with Gasteiger partial charge in [-0.1, -0.05) is 12.1 Å². The van der Waals surface area contributed by atoms with Gasteiger partial charge in [0.15, 0.2) is 0 Å². The molecule has 32 heavy (non-hydrogen) atoms. The number of benzene rings is 2. The van der Waals surface area contributed by atoms with Crippen LogP contribution in [0.25, 0.3) is 5.76 Å². The average Bonchev–Trinajstić information content (AvgIpc) is 3.03. The number of nitro benzene ring substituents is 1. The zero-order chi connectivity index (χ0) is 23.4. The second-order valence-corrected chi connectivity index (χ2v) is 7.73. The Morgan fingerprint density at radius 3 is 2.47 bits per heavy atom. The van der Waals surface area contributed by atoms with E-state index in [1.165, 1.54) is 30.2 Å². The summed E-state index contributed by atoms with van der Waals surface area (Å²) < 4.78 is 5.12. The predicted octanol–water partition coefficient (Wildman–Crippen LogP) is 2.98. The summed E-state index contributed by atoms with van der Waals surface area (Å²) in [6.07, 6.45) is 0.591. The molecule has 0 bridgehead atoms. The van der Waals surface area contributed by atoms with E-state index in [1.807, 2.05) is 19.0 Å². The number of amides is 1. The van der Waals surface area contributed by atoms with Crippen molar-refractivity contribution in [2.24, 2.45) is 0 Å².